The largest absolute Gasteiger partial charge is 0.464 e. The van der Waals surface area contributed by atoms with Crippen LogP contribution in [-0.4, -0.2) is 49.1 Å². The lowest BCUT2D eigenvalue weighted by Crippen LogP contribution is -2.35. The number of aromatic nitrogens is 1. The molecule has 1 saturated carbocycles. The molecule has 0 bridgehead atoms. The Bertz CT molecular complexity index is 425. The van der Waals surface area contributed by atoms with Crippen LogP contribution < -0.4 is 5.32 Å². The number of ether oxygens (including phenoxy) is 1. The second-order valence-corrected chi connectivity index (χ2v) is 5.48. The summed E-state index contributed by atoms with van der Waals surface area (Å²) in [6.45, 7) is 2.77. The van der Waals surface area contributed by atoms with Crippen molar-refractivity contribution in [2.75, 3.05) is 27.2 Å². The first-order valence-corrected chi connectivity index (χ1v) is 7.38. The molecular formula is C15H25N3O2. The lowest BCUT2D eigenvalue weighted by atomic mass is 10.2. The minimum Gasteiger partial charge on any atom is -0.464 e. The van der Waals surface area contributed by atoms with Crippen LogP contribution in [0.5, 0.6) is 0 Å². The Morgan fingerprint density at radius 2 is 2.20 bits per heavy atom. The van der Waals surface area contributed by atoms with Crippen LogP contribution >= 0.6 is 0 Å². The summed E-state index contributed by atoms with van der Waals surface area (Å²) in [5.41, 5.74) is 1.52. The summed E-state index contributed by atoms with van der Waals surface area (Å²) in [4.78, 5) is 16.8. The monoisotopic (exact) mass is 279 g/mol. The highest BCUT2D eigenvalue weighted by molar-refractivity contribution is 5.87. The molecule has 1 aliphatic rings. The molecule has 2 N–H and O–H groups in total. The zero-order chi connectivity index (χ0) is 14.4. The van der Waals surface area contributed by atoms with Crippen molar-refractivity contribution >= 4 is 5.97 Å². The van der Waals surface area contributed by atoms with Gasteiger partial charge in [-0.05, 0) is 32.0 Å². The third-order valence-electron chi connectivity index (χ3n) is 4.06. The molecule has 0 amide bonds. The average molecular weight is 279 g/mol. The lowest BCUT2D eigenvalue weighted by molar-refractivity contribution is 0.0594. The predicted molar refractivity (Wildman–Crippen MR) is 78.7 cm³/mol. The molecule has 20 heavy (non-hydrogen) atoms. The molecule has 5 heteroatoms. The fourth-order valence-corrected chi connectivity index (χ4v) is 2.78. The number of hydrogen-bond acceptors (Lipinski definition) is 4. The predicted octanol–water partition coefficient (Wildman–Crippen LogP) is 1.77. The molecule has 0 aliphatic heterocycles. The fourth-order valence-electron chi connectivity index (χ4n) is 2.78. The van der Waals surface area contributed by atoms with Gasteiger partial charge in [-0.1, -0.05) is 12.8 Å². The van der Waals surface area contributed by atoms with E-state index in [9.17, 15) is 4.79 Å². The van der Waals surface area contributed by atoms with Gasteiger partial charge in [-0.25, -0.2) is 4.79 Å². The molecule has 0 unspecified atom stereocenters. The van der Waals surface area contributed by atoms with E-state index in [4.69, 9.17) is 0 Å². The molecule has 1 heterocycles. The van der Waals surface area contributed by atoms with E-state index in [1.54, 1.807) is 6.07 Å². The molecule has 0 saturated heterocycles. The number of aromatic amines is 1. The van der Waals surface area contributed by atoms with Gasteiger partial charge < -0.3 is 19.9 Å². The topological polar surface area (TPSA) is 57.4 Å². The minimum absolute atomic E-state index is 0.322. The maximum atomic E-state index is 11.3. The summed E-state index contributed by atoms with van der Waals surface area (Å²) < 4.78 is 4.67. The van der Waals surface area contributed by atoms with Gasteiger partial charge in [0.15, 0.2) is 0 Å². The van der Waals surface area contributed by atoms with E-state index in [2.05, 4.69) is 27.0 Å². The smallest absolute Gasteiger partial charge is 0.354 e. The Hall–Kier alpha value is -1.33. The Morgan fingerprint density at radius 3 is 2.90 bits per heavy atom. The van der Waals surface area contributed by atoms with Crippen LogP contribution in [0.25, 0.3) is 0 Å². The summed E-state index contributed by atoms with van der Waals surface area (Å²) in [7, 11) is 3.60. The number of nitrogens with one attached hydrogen (secondary N) is 2. The fraction of sp³-hybridized carbons (Fsp3) is 0.667. The summed E-state index contributed by atoms with van der Waals surface area (Å²) in [5.74, 6) is -0.322. The number of nitrogens with zero attached hydrogens (tertiary/aromatic N) is 1. The molecule has 0 spiro atoms. The second-order valence-electron chi connectivity index (χ2n) is 5.48. The Labute approximate surface area is 120 Å². The minimum atomic E-state index is -0.322. The van der Waals surface area contributed by atoms with Crippen molar-refractivity contribution in [2.45, 2.75) is 38.3 Å². The van der Waals surface area contributed by atoms with Gasteiger partial charge in [0.25, 0.3) is 0 Å². The lowest BCUT2D eigenvalue weighted by Gasteiger charge is -2.23. The average Bonchev–Trinajstić information content (AvgIpc) is 3.13. The Kier molecular flexibility index (Phi) is 5.61. The van der Waals surface area contributed by atoms with E-state index in [0.29, 0.717) is 5.69 Å². The Morgan fingerprint density at radius 1 is 1.45 bits per heavy atom. The van der Waals surface area contributed by atoms with Gasteiger partial charge in [-0.15, -0.1) is 0 Å². The first-order valence-electron chi connectivity index (χ1n) is 7.38. The highest BCUT2D eigenvalue weighted by Gasteiger charge is 2.18. The number of H-pyrrole nitrogens is 1. The van der Waals surface area contributed by atoms with Crippen molar-refractivity contribution in [3.63, 3.8) is 0 Å². The van der Waals surface area contributed by atoms with Crippen LogP contribution in [0.3, 0.4) is 0 Å². The quantitative estimate of drug-likeness (QED) is 0.590. The van der Waals surface area contributed by atoms with E-state index < -0.39 is 0 Å². The summed E-state index contributed by atoms with van der Waals surface area (Å²) in [5, 5.41) is 3.40. The Balaban J connectivity index is 1.65. The van der Waals surface area contributed by atoms with Gasteiger partial charge in [0, 0.05) is 31.4 Å². The molecule has 0 radical (unpaired) electrons. The SMILES string of the molecule is COC(=O)c1ccc(CNCCN(C)C2CCCC2)[nH]1. The molecule has 0 aromatic carbocycles. The van der Waals surface area contributed by atoms with Crippen LogP contribution in [0.2, 0.25) is 0 Å². The summed E-state index contributed by atoms with van der Waals surface area (Å²) in [6, 6.07) is 4.45. The standard InChI is InChI=1S/C15H25N3O2/c1-18(13-5-3-4-6-13)10-9-16-11-12-7-8-14(17-12)15(19)20-2/h7-8,13,16-17H,3-6,9-11H2,1-2H3. The van der Waals surface area contributed by atoms with Crippen LogP contribution in [0.4, 0.5) is 0 Å². The number of methoxy groups -OCH3 is 1. The molecule has 5 nitrogen and oxygen atoms in total. The molecule has 2 rings (SSSR count). The molecule has 1 aliphatic carbocycles. The van der Waals surface area contributed by atoms with Crippen molar-refractivity contribution in [2.24, 2.45) is 0 Å². The van der Waals surface area contributed by atoms with Crippen LogP contribution in [0, 0.1) is 0 Å². The molecule has 1 fully saturated rings. The van der Waals surface area contributed by atoms with E-state index in [-0.39, 0.29) is 5.97 Å². The highest BCUT2D eigenvalue weighted by Crippen LogP contribution is 2.21. The molecule has 0 atom stereocenters. The molecule has 1 aromatic rings. The van der Waals surface area contributed by atoms with Gasteiger partial charge in [-0.2, -0.15) is 0 Å². The maximum Gasteiger partial charge on any atom is 0.354 e. The number of esters is 1. The molecule has 1 aromatic heterocycles. The highest BCUT2D eigenvalue weighted by atomic mass is 16.5. The van der Waals surface area contributed by atoms with Crippen molar-refractivity contribution in [3.8, 4) is 0 Å². The zero-order valence-electron chi connectivity index (χ0n) is 12.4. The van der Waals surface area contributed by atoms with Crippen molar-refractivity contribution in [1.82, 2.24) is 15.2 Å². The number of rotatable bonds is 7. The molecular weight excluding hydrogens is 254 g/mol. The van der Waals surface area contributed by atoms with Gasteiger partial charge in [0.1, 0.15) is 5.69 Å². The van der Waals surface area contributed by atoms with E-state index >= 15 is 0 Å². The third-order valence-corrected chi connectivity index (χ3v) is 4.06. The van der Waals surface area contributed by atoms with Crippen molar-refractivity contribution in [3.05, 3.63) is 23.5 Å². The summed E-state index contributed by atoms with van der Waals surface area (Å²) in [6.07, 6.45) is 5.44. The second kappa shape index (κ2) is 7.45. The van der Waals surface area contributed by atoms with Crippen LogP contribution in [0.15, 0.2) is 12.1 Å². The first-order chi connectivity index (χ1) is 9.70. The number of likely N-dealkylation sites (N-methyl/N-ethyl adjacent to an activating group) is 1. The normalized spacial score (nSPS) is 15.9. The number of carbonyl (C=O) groups excluding carboxylic acids is 1. The number of carbonyl (C=O) groups is 1. The van der Waals surface area contributed by atoms with E-state index in [1.165, 1.54) is 32.8 Å². The van der Waals surface area contributed by atoms with Gasteiger partial charge in [0.2, 0.25) is 0 Å². The summed E-state index contributed by atoms with van der Waals surface area (Å²) >= 11 is 0. The first kappa shape index (κ1) is 15.1. The maximum absolute atomic E-state index is 11.3. The van der Waals surface area contributed by atoms with Gasteiger partial charge in [-0.3, -0.25) is 0 Å². The van der Waals surface area contributed by atoms with Gasteiger partial charge in [0.05, 0.1) is 7.11 Å². The zero-order valence-corrected chi connectivity index (χ0v) is 12.4. The van der Waals surface area contributed by atoms with E-state index in [0.717, 1.165) is 31.4 Å². The van der Waals surface area contributed by atoms with Crippen molar-refractivity contribution < 1.29 is 9.53 Å². The van der Waals surface area contributed by atoms with Gasteiger partial charge >= 0.3 is 5.97 Å². The third kappa shape index (κ3) is 4.08. The molecule has 112 valence electrons. The van der Waals surface area contributed by atoms with E-state index in [1.807, 2.05) is 6.07 Å². The van der Waals surface area contributed by atoms with Crippen LogP contribution in [0.1, 0.15) is 41.9 Å². The number of hydrogen-bond donors (Lipinski definition) is 2. The van der Waals surface area contributed by atoms with Crippen LogP contribution in [-0.2, 0) is 11.3 Å². The van der Waals surface area contributed by atoms with Crippen molar-refractivity contribution in [1.29, 1.82) is 0 Å².